The van der Waals surface area contributed by atoms with Gasteiger partial charge in [-0.2, -0.15) is 0 Å². The number of hydrogen-bond donors (Lipinski definition) is 1. The Balaban J connectivity index is 1.72. The summed E-state index contributed by atoms with van der Waals surface area (Å²) in [5.74, 6) is 0. The smallest absolute Gasteiger partial charge is 0.0431 e. The first-order chi connectivity index (χ1) is 11.4. The molecule has 0 aromatic heterocycles. The van der Waals surface area contributed by atoms with Gasteiger partial charge in [0.05, 0.1) is 0 Å². The zero-order valence-electron chi connectivity index (χ0n) is 15.1. The Kier molecular flexibility index (Phi) is 14.1. The van der Waals surface area contributed by atoms with E-state index in [0.29, 0.717) is 6.61 Å². The molecule has 132 valence electrons. The van der Waals surface area contributed by atoms with Gasteiger partial charge in [-0.1, -0.05) is 107 Å². The maximum absolute atomic E-state index is 8.71. The standard InChI is InChI=1S/C22H38O/c23-21-17-12-10-8-6-4-2-1-3-5-7-9-11-14-18-22-19-15-13-16-20-22/h13,15-16,19-20,23H,1-12,14,17-18,21H2. The van der Waals surface area contributed by atoms with E-state index in [1.165, 1.54) is 95.5 Å². The van der Waals surface area contributed by atoms with Gasteiger partial charge in [0.15, 0.2) is 0 Å². The normalized spacial score (nSPS) is 11.0. The average molecular weight is 319 g/mol. The first kappa shape index (κ1) is 20.2. The monoisotopic (exact) mass is 318 g/mol. The zero-order chi connectivity index (χ0) is 16.4. The quantitative estimate of drug-likeness (QED) is 0.337. The summed E-state index contributed by atoms with van der Waals surface area (Å²) >= 11 is 0. The molecular weight excluding hydrogens is 280 g/mol. The van der Waals surface area contributed by atoms with Gasteiger partial charge in [0.2, 0.25) is 0 Å². The molecule has 1 nitrogen and oxygen atoms in total. The lowest BCUT2D eigenvalue weighted by Crippen LogP contribution is -1.86. The van der Waals surface area contributed by atoms with Crippen LogP contribution in [0.15, 0.2) is 30.3 Å². The van der Waals surface area contributed by atoms with E-state index in [-0.39, 0.29) is 0 Å². The van der Waals surface area contributed by atoms with Gasteiger partial charge < -0.3 is 5.11 Å². The van der Waals surface area contributed by atoms with Crippen molar-refractivity contribution in [1.29, 1.82) is 0 Å². The third kappa shape index (κ3) is 13.3. The second-order valence-corrected chi connectivity index (χ2v) is 6.91. The predicted molar refractivity (Wildman–Crippen MR) is 102 cm³/mol. The molecule has 0 aliphatic heterocycles. The SMILES string of the molecule is OCCCCCCCCCCCCCCCCc1ccccc1. The molecule has 0 saturated heterocycles. The largest absolute Gasteiger partial charge is 0.396 e. The van der Waals surface area contributed by atoms with Crippen LogP contribution >= 0.6 is 0 Å². The lowest BCUT2D eigenvalue weighted by molar-refractivity contribution is 0.282. The van der Waals surface area contributed by atoms with Crippen LogP contribution in [-0.2, 0) is 6.42 Å². The molecule has 1 rings (SSSR count). The maximum atomic E-state index is 8.71. The second-order valence-electron chi connectivity index (χ2n) is 6.91. The lowest BCUT2D eigenvalue weighted by Gasteiger charge is -2.04. The lowest BCUT2D eigenvalue weighted by atomic mass is 10.0. The number of rotatable bonds is 16. The Hall–Kier alpha value is -0.820. The summed E-state index contributed by atoms with van der Waals surface area (Å²) in [5, 5.41) is 8.71. The van der Waals surface area contributed by atoms with Crippen LogP contribution in [0.5, 0.6) is 0 Å². The molecule has 1 heteroatoms. The second kappa shape index (κ2) is 16.1. The minimum Gasteiger partial charge on any atom is -0.396 e. The van der Waals surface area contributed by atoms with Crippen LogP contribution in [0, 0.1) is 0 Å². The van der Waals surface area contributed by atoms with Crippen molar-refractivity contribution in [2.45, 2.75) is 96.3 Å². The van der Waals surface area contributed by atoms with Gasteiger partial charge in [0.1, 0.15) is 0 Å². The summed E-state index contributed by atoms with van der Waals surface area (Å²) in [6, 6.07) is 10.9. The number of aryl methyl sites for hydroxylation is 1. The Morgan fingerprint density at radius 1 is 0.478 bits per heavy atom. The van der Waals surface area contributed by atoms with Gasteiger partial charge in [-0.25, -0.2) is 0 Å². The molecule has 0 spiro atoms. The van der Waals surface area contributed by atoms with E-state index in [9.17, 15) is 0 Å². The number of hydrogen-bond acceptors (Lipinski definition) is 1. The van der Waals surface area contributed by atoms with E-state index in [1.807, 2.05) is 0 Å². The zero-order valence-corrected chi connectivity index (χ0v) is 15.1. The molecule has 1 aromatic rings. The Morgan fingerprint density at radius 3 is 1.30 bits per heavy atom. The Labute approximate surface area is 144 Å². The fourth-order valence-electron chi connectivity index (χ4n) is 3.21. The summed E-state index contributed by atoms with van der Waals surface area (Å²) < 4.78 is 0. The summed E-state index contributed by atoms with van der Waals surface area (Å²) in [6.45, 7) is 0.367. The third-order valence-corrected chi connectivity index (χ3v) is 4.72. The van der Waals surface area contributed by atoms with Crippen molar-refractivity contribution in [1.82, 2.24) is 0 Å². The molecule has 1 N–H and O–H groups in total. The molecule has 0 fully saturated rings. The molecule has 0 aliphatic rings. The molecule has 1 aromatic carbocycles. The molecule has 0 radical (unpaired) electrons. The highest BCUT2D eigenvalue weighted by Gasteiger charge is 1.95. The minimum absolute atomic E-state index is 0.367. The first-order valence-electron chi connectivity index (χ1n) is 10.1. The average Bonchev–Trinajstić information content (AvgIpc) is 2.59. The van der Waals surface area contributed by atoms with E-state index in [4.69, 9.17) is 5.11 Å². The van der Waals surface area contributed by atoms with Crippen LogP contribution in [0.3, 0.4) is 0 Å². The first-order valence-corrected chi connectivity index (χ1v) is 10.1. The fraction of sp³-hybridized carbons (Fsp3) is 0.727. The van der Waals surface area contributed by atoms with Gasteiger partial charge in [-0.3, -0.25) is 0 Å². The van der Waals surface area contributed by atoms with Crippen LogP contribution < -0.4 is 0 Å². The fourth-order valence-corrected chi connectivity index (χ4v) is 3.21. The van der Waals surface area contributed by atoms with Crippen molar-refractivity contribution in [2.75, 3.05) is 6.61 Å². The van der Waals surface area contributed by atoms with Crippen LogP contribution in [-0.4, -0.2) is 11.7 Å². The van der Waals surface area contributed by atoms with Gasteiger partial charge in [-0.05, 0) is 24.8 Å². The van der Waals surface area contributed by atoms with Gasteiger partial charge >= 0.3 is 0 Å². The van der Waals surface area contributed by atoms with E-state index in [0.717, 1.165) is 6.42 Å². The summed E-state index contributed by atoms with van der Waals surface area (Å²) in [6.07, 6.45) is 20.2. The molecule has 0 atom stereocenters. The molecule has 0 heterocycles. The third-order valence-electron chi connectivity index (χ3n) is 4.72. The molecular formula is C22H38O. The van der Waals surface area contributed by atoms with E-state index in [2.05, 4.69) is 30.3 Å². The number of aliphatic hydroxyl groups is 1. The molecule has 0 aliphatic carbocycles. The van der Waals surface area contributed by atoms with Crippen molar-refractivity contribution in [3.05, 3.63) is 35.9 Å². The van der Waals surface area contributed by atoms with Crippen molar-refractivity contribution < 1.29 is 5.11 Å². The predicted octanol–water partition coefficient (Wildman–Crippen LogP) is 6.68. The number of benzene rings is 1. The Morgan fingerprint density at radius 2 is 0.870 bits per heavy atom. The molecule has 23 heavy (non-hydrogen) atoms. The molecule has 0 saturated carbocycles. The highest BCUT2D eigenvalue weighted by molar-refractivity contribution is 5.14. The highest BCUT2D eigenvalue weighted by atomic mass is 16.2. The van der Waals surface area contributed by atoms with Crippen molar-refractivity contribution in [2.24, 2.45) is 0 Å². The maximum Gasteiger partial charge on any atom is 0.0431 e. The highest BCUT2D eigenvalue weighted by Crippen LogP contribution is 2.13. The minimum atomic E-state index is 0.367. The number of aliphatic hydroxyl groups excluding tert-OH is 1. The van der Waals surface area contributed by atoms with Gasteiger partial charge in [0, 0.05) is 6.61 Å². The molecule has 0 amide bonds. The van der Waals surface area contributed by atoms with E-state index < -0.39 is 0 Å². The topological polar surface area (TPSA) is 20.2 Å². The van der Waals surface area contributed by atoms with Gasteiger partial charge in [-0.15, -0.1) is 0 Å². The van der Waals surface area contributed by atoms with Crippen LogP contribution in [0.1, 0.15) is 95.5 Å². The van der Waals surface area contributed by atoms with Crippen LogP contribution in [0.2, 0.25) is 0 Å². The van der Waals surface area contributed by atoms with Gasteiger partial charge in [0.25, 0.3) is 0 Å². The van der Waals surface area contributed by atoms with E-state index >= 15 is 0 Å². The van der Waals surface area contributed by atoms with Crippen LogP contribution in [0.4, 0.5) is 0 Å². The number of unbranched alkanes of at least 4 members (excludes halogenated alkanes) is 13. The summed E-state index contributed by atoms with van der Waals surface area (Å²) in [7, 11) is 0. The Bertz CT molecular complexity index is 333. The summed E-state index contributed by atoms with van der Waals surface area (Å²) in [4.78, 5) is 0. The van der Waals surface area contributed by atoms with E-state index in [1.54, 1.807) is 0 Å². The summed E-state index contributed by atoms with van der Waals surface area (Å²) in [5.41, 5.74) is 1.49. The van der Waals surface area contributed by atoms with Crippen molar-refractivity contribution in [3.63, 3.8) is 0 Å². The molecule has 0 bridgehead atoms. The van der Waals surface area contributed by atoms with Crippen LogP contribution in [0.25, 0.3) is 0 Å². The van der Waals surface area contributed by atoms with Crippen molar-refractivity contribution in [3.8, 4) is 0 Å². The molecule has 0 unspecified atom stereocenters. The van der Waals surface area contributed by atoms with Crippen molar-refractivity contribution >= 4 is 0 Å².